The number of nitrogens with zero attached hydrogens (tertiary/aromatic N) is 2. The molecule has 1 N–H and O–H groups in total. The second-order valence-corrected chi connectivity index (χ2v) is 4.27. The van der Waals surface area contributed by atoms with Crippen molar-refractivity contribution in [2.24, 2.45) is 0 Å². The maximum absolute atomic E-state index is 13.6. The Balaban J connectivity index is 2.24. The maximum atomic E-state index is 13.6. The van der Waals surface area contributed by atoms with Crippen molar-refractivity contribution < 1.29 is 4.39 Å². The Morgan fingerprint density at radius 1 is 1.50 bits per heavy atom. The molecule has 0 bridgehead atoms. The SMILES string of the molecule is CNCc1nc2c(F)cccc2n1C1CC1. The quantitative estimate of drug-likeness (QED) is 0.857. The van der Waals surface area contributed by atoms with Crippen LogP contribution in [0.5, 0.6) is 0 Å². The summed E-state index contributed by atoms with van der Waals surface area (Å²) in [6.45, 7) is 0.685. The monoisotopic (exact) mass is 219 g/mol. The molecule has 3 rings (SSSR count). The van der Waals surface area contributed by atoms with Gasteiger partial charge >= 0.3 is 0 Å². The van der Waals surface area contributed by atoms with Crippen LogP contribution in [0.3, 0.4) is 0 Å². The second kappa shape index (κ2) is 3.56. The van der Waals surface area contributed by atoms with E-state index < -0.39 is 0 Å². The molecule has 3 nitrogen and oxygen atoms in total. The van der Waals surface area contributed by atoms with E-state index in [2.05, 4.69) is 14.9 Å². The van der Waals surface area contributed by atoms with Gasteiger partial charge in [0.2, 0.25) is 0 Å². The molecule has 0 radical (unpaired) electrons. The highest BCUT2D eigenvalue weighted by Crippen LogP contribution is 2.38. The molecular weight excluding hydrogens is 205 g/mol. The highest BCUT2D eigenvalue weighted by Gasteiger charge is 2.28. The van der Waals surface area contributed by atoms with Crippen molar-refractivity contribution in [1.29, 1.82) is 0 Å². The molecule has 1 aliphatic carbocycles. The first kappa shape index (κ1) is 9.78. The Kier molecular flexibility index (Phi) is 2.17. The lowest BCUT2D eigenvalue weighted by Crippen LogP contribution is -2.11. The van der Waals surface area contributed by atoms with Gasteiger partial charge in [-0.15, -0.1) is 0 Å². The van der Waals surface area contributed by atoms with E-state index in [1.807, 2.05) is 13.1 Å². The van der Waals surface area contributed by atoms with E-state index in [1.54, 1.807) is 6.07 Å². The van der Waals surface area contributed by atoms with E-state index in [-0.39, 0.29) is 5.82 Å². The van der Waals surface area contributed by atoms with Gasteiger partial charge in [-0.1, -0.05) is 6.07 Å². The number of hydrogen-bond acceptors (Lipinski definition) is 2. The summed E-state index contributed by atoms with van der Waals surface area (Å²) < 4.78 is 15.8. The van der Waals surface area contributed by atoms with Crippen molar-refractivity contribution in [3.63, 3.8) is 0 Å². The predicted molar refractivity (Wildman–Crippen MR) is 60.7 cm³/mol. The lowest BCUT2D eigenvalue weighted by atomic mass is 10.3. The summed E-state index contributed by atoms with van der Waals surface area (Å²) in [5.41, 5.74) is 1.42. The first-order valence-electron chi connectivity index (χ1n) is 5.61. The van der Waals surface area contributed by atoms with Crippen LogP contribution in [0.4, 0.5) is 4.39 Å². The fraction of sp³-hybridized carbons (Fsp3) is 0.417. The summed E-state index contributed by atoms with van der Waals surface area (Å²) in [5, 5.41) is 3.08. The minimum Gasteiger partial charge on any atom is -0.324 e. The van der Waals surface area contributed by atoms with Crippen molar-refractivity contribution in [2.75, 3.05) is 7.05 Å². The minimum atomic E-state index is -0.228. The van der Waals surface area contributed by atoms with E-state index in [9.17, 15) is 4.39 Å². The van der Waals surface area contributed by atoms with Crippen molar-refractivity contribution in [3.8, 4) is 0 Å². The Hall–Kier alpha value is -1.42. The van der Waals surface area contributed by atoms with Gasteiger partial charge in [-0.2, -0.15) is 0 Å². The van der Waals surface area contributed by atoms with Crippen LogP contribution < -0.4 is 5.32 Å². The molecule has 0 unspecified atom stereocenters. The standard InChI is InChI=1S/C12H14FN3/c1-14-7-11-15-12-9(13)3-2-4-10(12)16(11)8-5-6-8/h2-4,8,14H,5-7H2,1H3. The lowest BCUT2D eigenvalue weighted by molar-refractivity contribution is 0.636. The number of fused-ring (bicyclic) bond motifs is 1. The summed E-state index contributed by atoms with van der Waals surface area (Å²) >= 11 is 0. The predicted octanol–water partition coefficient (Wildman–Crippen LogP) is 2.23. The topological polar surface area (TPSA) is 29.9 Å². The Morgan fingerprint density at radius 2 is 2.31 bits per heavy atom. The van der Waals surface area contributed by atoms with E-state index in [0.29, 0.717) is 18.1 Å². The van der Waals surface area contributed by atoms with Crippen LogP contribution in [0.15, 0.2) is 18.2 Å². The van der Waals surface area contributed by atoms with Crippen LogP contribution >= 0.6 is 0 Å². The fourth-order valence-corrected chi connectivity index (χ4v) is 2.15. The molecule has 1 fully saturated rings. The van der Waals surface area contributed by atoms with Crippen LogP contribution in [0.25, 0.3) is 11.0 Å². The number of imidazole rings is 1. The van der Waals surface area contributed by atoms with Crippen LogP contribution in [-0.4, -0.2) is 16.6 Å². The smallest absolute Gasteiger partial charge is 0.151 e. The molecule has 0 saturated heterocycles. The summed E-state index contributed by atoms with van der Waals surface area (Å²) in [4.78, 5) is 4.39. The normalized spacial score (nSPS) is 15.9. The van der Waals surface area contributed by atoms with E-state index >= 15 is 0 Å². The lowest BCUT2D eigenvalue weighted by Gasteiger charge is -2.06. The molecule has 0 atom stereocenters. The number of hydrogen-bond donors (Lipinski definition) is 1. The molecule has 1 aliphatic rings. The third-order valence-electron chi connectivity index (χ3n) is 2.99. The van der Waals surface area contributed by atoms with E-state index in [4.69, 9.17) is 0 Å². The number of rotatable bonds is 3. The Bertz CT molecular complexity index is 528. The fourth-order valence-electron chi connectivity index (χ4n) is 2.15. The zero-order valence-electron chi connectivity index (χ0n) is 9.20. The van der Waals surface area contributed by atoms with Gasteiger partial charge in [0.25, 0.3) is 0 Å². The van der Waals surface area contributed by atoms with Gasteiger partial charge in [0, 0.05) is 6.04 Å². The highest BCUT2D eigenvalue weighted by atomic mass is 19.1. The molecule has 84 valence electrons. The number of halogens is 1. The summed E-state index contributed by atoms with van der Waals surface area (Å²) in [7, 11) is 1.88. The van der Waals surface area contributed by atoms with Crippen molar-refractivity contribution in [2.45, 2.75) is 25.4 Å². The van der Waals surface area contributed by atoms with Crippen LogP contribution in [-0.2, 0) is 6.54 Å². The van der Waals surface area contributed by atoms with Gasteiger partial charge in [-0.3, -0.25) is 0 Å². The highest BCUT2D eigenvalue weighted by molar-refractivity contribution is 5.77. The van der Waals surface area contributed by atoms with Gasteiger partial charge in [0.1, 0.15) is 11.3 Å². The number of aromatic nitrogens is 2. The van der Waals surface area contributed by atoms with E-state index in [0.717, 1.165) is 11.3 Å². The molecule has 0 amide bonds. The molecule has 2 aromatic rings. The molecule has 4 heteroatoms. The largest absolute Gasteiger partial charge is 0.324 e. The number of nitrogens with one attached hydrogen (secondary N) is 1. The zero-order chi connectivity index (χ0) is 11.1. The van der Waals surface area contributed by atoms with Gasteiger partial charge in [-0.05, 0) is 32.0 Å². The summed E-state index contributed by atoms with van der Waals surface area (Å²) in [6, 6.07) is 5.69. The molecule has 0 aliphatic heterocycles. The third kappa shape index (κ3) is 1.41. The van der Waals surface area contributed by atoms with E-state index in [1.165, 1.54) is 18.9 Å². The average Bonchev–Trinajstić information content (AvgIpc) is 3.02. The third-order valence-corrected chi connectivity index (χ3v) is 2.99. The molecule has 1 aromatic carbocycles. The zero-order valence-corrected chi connectivity index (χ0v) is 9.20. The second-order valence-electron chi connectivity index (χ2n) is 4.27. The average molecular weight is 219 g/mol. The molecule has 1 heterocycles. The van der Waals surface area contributed by atoms with Gasteiger partial charge < -0.3 is 9.88 Å². The van der Waals surface area contributed by atoms with Crippen LogP contribution in [0, 0.1) is 5.82 Å². The van der Waals surface area contributed by atoms with Crippen molar-refractivity contribution >= 4 is 11.0 Å². The summed E-state index contributed by atoms with van der Waals surface area (Å²) in [5.74, 6) is 0.708. The van der Waals surface area contributed by atoms with Crippen molar-refractivity contribution in [1.82, 2.24) is 14.9 Å². The molecule has 1 aromatic heterocycles. The molecule has 16 heavy (non-hydrogen) atoms. The molecular formula is C12H14FN3. The maximum Gasteiger partial charge on any atom is 0.151 e. The van der Waals surface area contributed by atoms with Crippen molar-refractivity contribution in [3.05, 3.63) is 29.8 Å². The number of para-hydroxylation sites is 1. The molecule has 0 spiro atoms. The number of benzene rings is 1. The summed E-state index contributed by atoms with van der Waals surface area (Å²) in [6.07, 6.45) is 2.36. The van der Waals surface area contributed by atoms with Gasteiger partial charge in [-0.25, -0.2) is 9.37 Å². The Labute approximate surface area is 93.3 Å². The van der Waals surface area contributed by atoms with Gasteiger partial charge in [0.15, 0.2) is 5.82 Å². The van der Waals surface area contributed by atoms with Crippen LogP contribution in [0.2, 0.25) is 0 Å². The molecule has 1 saturated carbocycles. The first-order chi connectivity index (χ1) is 7.81. The first-order valence-corrected chi connectivity index (χ1v) is 5.61. The van der Waals surface area contributed by atoms with Gasteiger partial charge in [0.05, 0.1) is 12.1 Å². The Morgan fingerprint density at radius 3 is 3.00 bits per heavy atom. The van der Waals surface area contributed by atoms with Crippen LogP contribution in [0.1, 0.15) is 24.7 Å². The minimum absolute atomic E-state index is 0.228.